The Balaban J connectivity index is 2.00. The Labute approximate surface area is 168 Å². The van der Waals surface area contributed by atoms with E-state index in [0.29, 0.717) is 16.5 Å². The third-order valence-electron chi connectivity index (χ3n) is 4.73. The summed E-state index contributed by atoms with van der Waals surface area (Å²) in [6, 6.07) is 17.9. The Morgan fingerprint density at radius 3 is 2.45 bits per heavy atom. The predicted molar refractivity (Wildman–Crippen MR) is 109 cm³/mol. The zero-order valence-electron chi connectivity index (χ0n) is 15.6. The molecule has 29 heavy (non-hydrogen) atoms. The molecule has 1 N–H and O–H groups in total. The number of carbonyl (C=O) groups is 1. The van der Waals surface area contributed by atoms with E-state index in [-0.39, 0.29) is 16.2 Å². The average Bonchev–Trinajstić information content (AvgIpc) is 3.14. The molecule has 2 heterocycles. The van der Waals surface area contributed by atoms with Gasteiger partial charge in [0.2, 0.25) is 5.78 Å². The number of rotatable bonds is 5. The van der Waals surface area contributed by atoms with Gasteiger partial charge in [0.1, 0.15) is 5.69 Å². The monoisotopic (exact) mass is 406 g/mol. The van der Waals surface area contributed by atoms with Gasteiger partial charge in [0.25, 0.3) is 10.0 Å². The number of hydrogen-bond acceptors (Lipinski definition) is 5. The summed E-state index contributed by atoms with van der Waals surface area (Å²) in [5.74, 6) is -0.501. The normalized spacial score (nSPS) is 12.8. The topological polar surface area (TPSA) is 89.3 Å². The van der Waals surface area contributed by atoms with Crippen LogP contribution in [0.5, 0.6) is 0 Å². The molecule has 0 saturated heterocycles. The first-order valence-corrected chi connectivity index (χ1v) is 10.4. The fraction of sp³-hybridized carbons (Fsp3) is 0.0909. The van der Waals surface area contributed by atoms with Crippen molar-refractivity contribution in [2.45, 2.75) is 17.9 Å². The van der Waals surface area contributed by atoms with Gasteiger partial charge in [-0.25, -0.2) is 12.4 Å². The van der Waals surface area contributed by atoms with Crippen molar-refractivity contribution in [2.75, 3.05) is 0 Å². The predicted octanol–water partition coefficient (Wildman–Crippen LogP) is 3.56. The summed E-state index contributed by atoms with van der Waals surface area (Å²) in [4.78, 5) is 17.5. The number of pyridine rings is 1. The van der Waals surface area contributed by atoms with Crippen molar-refractivity contribution >= 4 is 26.7 Å². The molecule has 7 heteroatoms. The Kier molecular flexibility index (Phi) is 4.77. The van der Waals surface area contributed by atoms with Gasteiger partial charge < -0.3 is 5.11 Å². The van der Waals surface area contributed by atoms with Gasteiger partial charge in [-0.2, -0.15) is 0 Å². The summed E-state index contributed by atoms with van der Waals surface area (Å²) >= 11 is 0. The van der Waals surface area contributed by atoms with Gasteiger partial charge in [-0.05, 0) is 37.3 Å². The maximum Gasteiger partial charge on any atom is 0.268 e. The number of ketones is 1. The van der Waals surface area contributed by atoms with Crippen LogP contribution in [0.15, 0.2) is 84.0 Å². The van der Waals surface area contributed by atoms with Crippen molar-refractivity contribution in [1.82, 2.24) is 8.96 Å². The number of carbonyl (C=O) groups excluding carboxylic acids is 1. The van der Waals surface area contributed by atoms with Crippen molar-refractivity contribution in [2.24, 2.45) is 0 Å². The second-order valence-corrected chi connectivity index (χ2v) is 8.43. The third-order valence-corrected chi connectivity index (χ3v) is 6.47. The molecule has 0 aliphatic rings. The van der Waals surface area contributed by atoms with Crippen LogP contribution in [0.1, 0.15) is 34.6 Å². The highest BCUT2D eigenvalue weighted by atomic mass is 32.2. The van der Waals surface area contributed by atoms with Crippen LogP contribution in [-0.2, 0) is 10.0 Å². The SMILES string of the molecule is CC(O)c1cnccc1C(=O)c1cc2ccccc2n1S(=O)(=O)c1ccccc1. The molecule has 146 valence electrons. The lowest BCUT2D eigenvalue weighted by atomic mass is 10.0. The Bertz CT molecular complexity index is 1310. The molecule has 0 aliphatic heterocycles. The lowest BCUT2D eigenvalue weighted by Crippen LogP contribution is -2.20. The molecule has 2 aromatic heterocycles. The molecule has 0 saturated carbocycles. The van der Waals surface area contributed by atoms with Crippen LogP contribution in [0, 0.1) is 0 Å². The maximum absolute atomic E-state index is 13.4. The van der Waals surface area contributed by atoms with E-state index in [4.69, 9.17) is 0 Å². The molecular formula is C22H18N2O4S. The summed E-state index contributed by atoms with van der Waals surface area (Å²) in [6.07, 6.45) is 1.93. The fourth-order valence-electron chi connectivity index (χ4n) is 3.33. The maximum atomic E-state index is 13.4. The van der Waals surface area contributed by atoms with Gasteiger partial charge in [0.15, 0.2) is 0 Å². The number of benzene rings is 2. The molecule has 2 aromatic carbocycles. The highest BCUT2D eigenvalue weighted by molar-refractivity contribution is 7.90. The molecule has 1 atom stereocenters. The number of hydrogen-bond donors (Lipinski definition) is 1. The molecule has 1 unspecified atom stereocenters. The molecule has 0 bridgehead atoms. The van der Waals surface area contributed by atoms with E-state index in [2.05, 4.69) is 4.98 Å². The molecule has 4 aromatic rings. The van der Waals surface area contributed by atoms with E-state index < -0.39 is 21.9 Å². The van der Waals surface area contributed by atoms with Crippen molar-refractivity contribution in [3.8, 4) is 0 Å². The van der Waals surface area contributed by atoms with Crippen molar-refractivity contribution in [3.05, 3.63) is 95.9 Å². The van der Waals surface area contributed by atoms with Gasteiger partial charge in [-0.3, -0.25) is 9.78 Å². The fourth-order valence-corrected chi connectivity index (χ4v) is 4.86. The van der Waals surface area contributed by atoms with Crippen LogP contribution in [0.2, 0.25) is 0 Å². The third kappa shape index (κ3) is 3.24. The highest BCUT2D eigenvalue weighted by Crippen LogP contribution is 2.29. The first kappa shape index (κ1) is 19.0. The molecule has 0 aliphatic carbocycles. The molecule has 6 nitrogen and oxygen atoms in total. The van der Waals surface area contributed by atoms with Crippen LogP contribution in [-0.4, -0.2) is 28.3 Å². The second kappa shape index (κ2) is 7.27. The molecule has 0 radical (unpaired) electrons. The van der Waals surface area contributed by atoms with E-state index in [1.807, 2.05) is 0 Å². The first-order valence-electron chi connectivity index (χ1n) is 8.99. The summed E-state index contributed by atoms with van der Waals surface area (Å²) in [5, 5.41) is 10.7. The second-order valence-electron chi connectivity index (χ2n) is 6.64. The van der Waals surface area contributed by atoms with E-state index in [1.54, 1.807) is 48.5 Å². The number of nitrogens with zero attached hydrogens (tertiary/aromatic N) is 2. The number of aliphatic hydroxyl groups is 1. The minimum atomic E-state index is -4.02. The van der Waals surface area contributed by atoms with E-state index in [9.17, 15) is 18.3 Å². The molecule has 0 spiro atoms. The van der Waals surface area contributed by atoms with Crippen LogP contribution in [0.4, 0.5) is 0 Å². The van der Waals surface area contributed by atoms with Gasteiger partial charge in [0, 0.05) is 28.9 Å². The minimum Gasteiger partial charge on any atom is -0.389 e. The van der Waals surface area contributed by atoms with Crippen LogP contribution in [0.3, 0.4) is 0 Å². The zero-order valence-corrected chi connectivity index (χ0v) is 16.4. The van der Waals surface area contributed by atoms with E-state index in [0.717, 1.165) is 3.97 Å². The van der Waals surface area contributed by atoms with Crippen LogP contribution >= 0.6 is 0 Å². The number of aromatic nitrogens is 2. The first-order chi connectivity index (χ1) is 13.9. The zero-order chi connectivity index (χ0) is 20.6. The smallest absolute Gasteiger partial charge is 0.268 e. The van der Waals surface area contributed by atoms with Crippen molar-refractivity contribution in [3.63, 3.8) is 0 Å². The van der Waals surface area contributed by atoms with Gasteiger partial charge in [-0.1, -0.05) is 36.4 Å². The lowest BCUT2D eigenvalue weighted by molar-refractivity contribution is 0.102. The standard InChI is InChI=1S/C22H18N2O4S/c1-15(25)19-14-23-12-11-18(19)22(26)21-13-16-7-5-6-10-20(16)24(21)29(27,28)17-8-3-2-4-9-17/h2-15,25H,1H3. The van der Waals surface area contributed by atoms with E-state index >= 15 is 0 Å². The molecule has 0 amide bonds. The van der Waals surface area contributed by atoms with E-state index in [1.165, 1.54) is 37.5 Å². The largest absolute Gasteiger partial charge is 0.389 e. The average molecular weight is 406 g/mol. The molecule has 4 rings (SSSR count). The van der Waals surface area contributed by atoms with Gasteiger partial charge in [0.05, 0.1) is 16.5 Å². The van der Waals surface area contributed by atoms with Gasteiger partial charge in [-0.15, -0.1) is 0 Å². The quantitative estimate of drug-likeness (QED) is 0.512. The minimum absolute atomic E-state index is 0.00292. The van der Waals surface area contributed by atoms with Crippen molar-refractivity contribution in [1.29, 1.82) is 0 Å². The molecule has 0 fully saturated rings. The highest BCUT2D eigenvalue weighted by Gasteiger charge is 2.28. The lowest BCUT2D eigenvalue weighted by Gasteiger charge is -2.14. The number of para-hydroxylation sites is 1. The Hall–Kier alpha value is -3.29. The summed E-state index contributed by atoms with van der Waals surface area (Å²) in [5.41, 5.74) is 0.962. The Morgan fingerprint density at radius 2 is 1.72 bits per heavy atom. The summed E-state index contributed by atoms with van der Waals surface area (Å²) < 4.78 is 27.9. The van der Waals surface area contributed by atoms with Crippen molar-refractivity contribution < 1.29 is 18.3 Å². The Morgan fingerprint density at radius 1 is 1.03 bits per heavy atom. The molecular weight excluding hydrogens is 388 g/mol. The number of fused-ring (bicyclic) bond motifs is 1. The summed E-state index contributed by atoms with van der Waals surface area (Å²) in [6.45, 7) is 1.53. The van der Waals surface area contributed by atoms with Gasteiger partial charge >= 0.3 is 0 Å². The summed E-state index contributed by atoms with van der Waals surface area (Å²) in [7, 11) is -4.02. The van der Waals surface area contributed by atoms with Crippen LogP contribution in [0.25, 0.3) is 10.9 Å². The van der Waals surface area contributed by atoms with Crippen LogP contribution < -0.4 is 0 Å². The number of aliphatic hydroxyl groups excluding tert-OH is 1.